The number of nitrogens with zero attached hydrogens (tertiary/aromatic N) is 1. The van der Waals surface area contributed by atoms with Crippen molar-refractivity contribution in [1.29, 1.82) is 0 Å². The van der Waals surface area contributed by atoms with Crippen LogP contribution in [0.3, 0.4) is 0 Å². The van der Waals surface area contributed by atoms with Crippen LogP contribution in [-0.4, -0.2) is 23.9 Å². The van der Waals surface area contributed by atoms with E-state index in [2.05, 4.69) is 0 Å². The SMILES string of the molecule is COc1c(C)cc(C)cc1/C(O)=C1\C(=O)C(=O)N(c2ccc(Cl)c(Cl)c2)C1c1ccc(F)cc1. The first kappa shape index (κ1) is 23.8. The molecule has 0 aromatic heterocycles. The molecule has 0 spiro atoms. The number of carbonyl (C=O) groups is 2. The highest BCUT2D eigenvalue weighted by Crippen LogP contribution is 2.44. The molecule has 1 aliphatic heterocycles. The average molecular weight is 500 g/mol. The number of aliphatic hydroxyl groups is 1. The predicted molar refractivity (Wildman–Crippen MR) is 130 cm³/mol. The third-order valence-electron chi connectivity index (χ3n) is 5.69. The lowest BCUT2D eigenvalue weighted by Crippen LogP contribution is -2.29. The molecule has 34 heavy (non-hydrogen) atoms. The Morgan fingerprint density at radius 1 is 1.00 bits per heavy atom. The van der Waals surface area contributed by atoms with Gasteiger partial charge in [-0.15, -0.1) is 0 Å². The lowest BCUT2D eigenvalue weighted by Gasteiger charge is -2.26. The summed E-state index contributed by atoms with van der Waals surface area (Å²) in [6, 6.07) is 12.4. The van der Waals surface area contributed by atoms with E-state index in [1.165, 1.54) is 48.4 Å². The Hall–Kier alpha value is -3.35. The Bertz CT molecular complexity index is 1350. The van der Waals surface area contributed by atoms with Crippen LogP contribution in [0.4, 0.5) is 10.1 Å². The summed E-state index contributed by atoms with van der Waals surface area (Å²) in [6.45, 7) is 3.66. The molecule has 1 unspecified atom stereocenters. The fraction of sp³-hybridized carbons (Fsp3) is 0.154. The Kier molecular flexibility index (Phi) is 6.39. The van der Waals surface area contributed by atoms with E-state index in [1.54, 1.807) is 12.1 Å². The number of ether oxygens (including phenoxy) is 1. The average Bonchev–Trinajstić information content (AvgIpc) is 3.06. The van der Waals surface area contributed by atoms with Gasteiger partial charge in [-0.2, -0.15) is 0 Å². The molecule has 1 atom stereocenters. The van der Waals surface area contributed by atoms with Crippen LogP contribution in [0.1, 0.15) is 28.3 Å². The lowest BCUT2D eigenvalue weighted by molar-refractivity contribution is -0.132. The topological polar surface area (TPSA) is 66.8 Å². The maximum Gasteiger partial charge on any atom is 0.300 e. The lowest BCUT2D eigenvalue weighted by atomic mass is 9.93. The summed E-state index contributed by atoms with van der Waals surface area (Å²) < 4.78 is 19.2. The molecule has 1 heterocycles. The Labute approximate surface area is 206 Å². The van der Waals surface area contributed by atoms with Crippen LogP contribution in [0.2, 0.25) is 10.0 Å². The maximum absolute atomic E-state index is 13.7. The van der Waals surface area contributed by atoms with Gasteiger partial charge in [-0.25, -0.2) is 4.39 Å². The molecule has 0 bridgehead atoms. The van der Waals surface area contributed by atoms with Crippen LogP contribution in [0.25, 0.3) is 5.76 Å². The van der Waals surface area contributed by atoms with Crippen molar-refractivity contribution in [3.8, 4) is 5.75 Å². The second kappa shape index (κ2) is 9.12. The molecule has 5 nitrogen and oxygen atoms in total. The van der Waals surface area contributed by atoms with Gasteiger partial charge in [-0.05, 0) is 66.9 Å². The number of halogens is 3. The van der Waals surface area contributed by atoms with Gasteiger partial charge in [0.25, 0.3) is 11.7 Å². The molecule has 1 amide bonds. The fourth-order valence-electron chi connectivity index (χ4n) is 4.24. The summed E-state index contributed by atoms with van der Waals surface area (Å²) in [5, 5.41) is 11.9. The molecular weight excluding hydrogens is 480 g/mol. The molecule has 0 aliphatic carbocycles. The van der Waals surface area contributed by atoms with E-state index in [1.807, 2.05) is 19.9 Å². The van der Waals surface area contributed by atoms with E-state index >= 15 is 0 Å². The van der Waals surface area contributed by atoms with Crippen LogP contribution in [0.15, 0.2) is 60.2 Å². The molecule has 0 radical (unpaired) electrons. The number of amides is 1. The van der Waals surface area contributed by atoms with Gasteiger partial charge in [0.2, 0.25) is 0 Å². The molecule has 174 valence electrons. The highest BCUT2D eigenvalue weighted by Gasteiger charge is 2.47. The monoisotopic (exact) mass is 499 g/mol. The highest BCUT2D eigenvalue weighted by molar-refractivity contribution is 6.52. The molecule has 1 aliphatic rings. The van der Waals surface area contributed by atoms with E-state index < -0.39 is 23.5 Å². The van der Waals surface area contributed by atoms with Crippen molar-refractivity contribution in [2.45, 2.75) is 19.9 Å². The van der Waals surface area contributed by atoms with Gasteiger partial charge in [0.1, 0.15) is 17.3 Å². The minimum absolute atomic E-state index is 0.147. The molecule has 8 heteroatoms. The van der Waals surface area contributed by atoms with Crippen molar-refractivity contribution in [3.05, 3.63) is 98.3 Å². The third-order valence-corrected chi connectivity index (χ3v) is 6.43. The summed E-state index contributed by atoms with van der Waals surface area (Å²) in [4.78, 5) is 27.8. The van der Waals surface area contributed by atoms with Crippen LogP contribution >= 0.6 is 23.2 Å². The molecule has 1 saturated heterocycles. The van der Waals surface area contributed by atoms with Crippen LogP contribution in [0.5, 0.6) is 5.75 Å². The van der Waals surface area contributed by atoms with Gasteiger partial charge in [-0.3, -0.25) is 14.5 Å². The molecule has 4 rings (SSSR count). The van der Waals surface area contributed by atoms with Crippen molar-refractivity contribution in [1.82, 2.24) is 0 Å². The number of aryl methyl sites for hydroxylation is 2. The van der Waals surface area contributed by atoms with Gasteiger partial charge in [0, 0.05) is 5.69 Å². The summed E-state index contributed by atoms with van der Waals surface area (Å²) >= 11 is 12.2. The largest absolute Gasteiger partial charge is 0.507 e. The second-order valence-electron chi connectivity index (χ2n) is 7.98. The smallest absolute Gasteiger partial charge is 0.300 e. The minimum atomic E-state index is -1.04. The fourth-order valence-corrected chi connectivity index (χ4v) is 4.53. The van der Waals surface area contributed by atoms with Crippen molar-refractivity contribution in [2.24, 2.45) is 0 Å². The zero-order chi connectivity index (χ0) is 24.7. The van der Waals surface area contributed by atoms with E-state index in [-0.39, 0.29) is 26.9 Å². The number of ketones is 1. The summed E-state index contributed by atoms with van der Waals surface area (Å²) in [5.41, 5.74) is 2.44. The number of carbonyl (C=O) groups excluding carboxylic acids is 2. The molecule has 1 N–H and O–H groups in total. The number of hydrogen-bond donors (Lipinski definition) is 1. The number of benzene rings is 3. The third kappa shape index (κ3) is 4.04. The van der Waals surface area contributed by atoms with Crippen LogP contribution < -0.4 is 9.64 Å². The zero-order valence-electron chi connectivity index (χ0n) is 18.5. The molecule has 3 aromatic carbocycles. The van der Waals surface area contributed by atoms with Crippen molar-refractivity contribution in [2.75, 3.05) is 12.0 Å². The van der Waals surface area contributed by atoms with E-state index in [0.29, 0.717) is 17.0 Å². The van der Waals surface area contributed by atoms with Crippen molar-refractivity contribution in [3.63, 3.8) is 0 Å². The van der Waals surface area contributed by atoms with E-state index in [9.17, 15) is 19.1 Å². The van der Waals surface area contributed by atoms with Gasteiger partial charge >= 0.3 is 0 Å². The van der Waals surface area contributed by atoms with Gasteiger partial charge in [-0.1, -0.05) is 41.4 Å². The first-order chi connectivity index (χ1) is 16.1. The van der Waals surface area contributed by atoms with E-state index in [0.717, 1.165) is 11.1 Å². The molecule has 3 aromatic rings. The standard InChI is InChI=1S/C26H20Cl2FNO4/c1-13-10-14(2)25(34-3)18(11-13)23(31)21-22(15-4-6-16(29)7-5-15)30(26(33)24(21)32)17-8-9-19(27)20(28)12-17/h4-12,22,31H,1-3H3/b23-21+. The second-order valence-corrected chi connectivity index (χ2v) is 8.80. The number of hydrogen-bond acceptors (Lipinski definition) is 4. The molecule has 0 saturated carbocycles. The number of methoxy groups -OCH3 is 1. The van der Waals surface area contributed by atoms with E-state index in [4.69, 9.17) is 27.9 Å². The predicted octanol–water partition coefficient (Wildman–Crippen LogP) is 6.38. The molecular formula is C26H20Cl2FNO4. The zero-order valence-corrected chi connectivity index (χ0v) is 20.0. The summed E-state index contributed by atoms with van der Waals surface area (Å²) in [7, 11) is 1.46. The van der Waals surface area contributed by atoms with Gasteiger partial charge < -0.3 is 9.84 Å². The van der Waals surface area contributed by atoms with Crippen LogP contribution in [0, 0.1) is 19.7 Å². The Morgan fingerprint density at radius 3 is 2.29 bits per heavy atom. The summed E-state index contributed by atoms with van der Waals surface area (Å²) in [5.74, 6) is -2.25. The van der Waals surface area contributed by atoms with Gasteiger partial charge in [0.05, 0.1) is 34.3 Å². The number of anilines is 1. The first-order valence-corrected chi connectivity index (χ1v) is 11.1. The van der Waals surface area contributed by atoms with Gasteiger partial charge in [0.15, 0.2) is 0 Å². The quantitative estimate of drug-likeness (QED) is 0.256. The van der Waals surface area contributed by atoms with Crippen molar-refractivity contribution < 1.29 is 23.8 Å². The first-order valence-electron chi connectivity index (χ1n) is 10.3. The van der Waals surface area contributed by atoms with Crippen molar-refractivity contribution >= 4 is 46.3 Å². The Morgan fingerprint density at radius 2 is 1.68 bits per heavy atom. The normalized spacial score (nSPS) is 17.4. The Balaban J connectivity index is 2.01. The maximum atomic E-state index is 13.7. The highest BCUT2D eigenvalue weighted by atomic mass is 35.5. The number of Topliss-reactive ketones (excluding diaryl/α,β-unsaturated/α-hetero) is 1. The number of rotatable bonds is 4. The molecule has 1 fully saturated rings. The number of aliphatic hydroxyl groups excluding tert-OH is 1. The minimum Gasteiger partial charge on any atom is -0.507 e. The summed E-state index contributed by atoms with van der Waals surface area (Å²) in [6.07, 6.45) is 0. The van der Waals surface area contributed by atoms with Crippen LogP contribution in [-0.2, 0) is 9.59 Å².